The smallest absolute Gasteiger partial charge is 0.260 e. The van der Waals surface area contributed by atoms with E-state index in [1.165, 1.54) is 11.3 Å². The highest BCUT2D eigenvalue weighted by atomic mass is 32.1. The number of amides is 1. The number of Topliss-reactive ketones (excluding diaryl/α,β-unsaturated/α-hetero) is 1. The van der Waals surface area contributed by atoms with E-state index < -0.39 is 5.92 Å². The van der Waals surface area contributed by atoms with Gasteiger partial charge >= 0.3 is 0 Å². The normalized spacial score (nSPS) is 22.6. The minimum absolute atomic E-state index is 0.0745. The summed E-state index contributed by atoms with van der Waals surface area (Å²) in [6.45, 7) is 4.24. The van der Waals surface area contributed by atoms with Crippen LogP contribution in [0.4, 0.5) is 5.00 Å². The van der Waals surface area contributed by atoms with Gasteiger partial charge in [-0.1, -0.05) is 32.4 Å². The van der Waals surface area contributed by atoms with Crippen molar-refractivity contribution >= 4 is 28.0 Å². The second kappa shape index (κ2) is 8.35. The Balaban J connectivity index is 1.61. The molecule has 4 aliphatic rings. The zero-order valence-corrected chi connectivity index (χ0v) is 21.7. The van der Waals surface area contributed by atoms with E-state index in [2.05, 4.69) is 30.1 Å². The predicted octanol–water partition coefficient (Wildman–Crippen LogP) is 5.75. The maximum atomic E-state index is 13.8. The molecule has 0 unspecified atom stereocenters. The van der Waals surface area contributed by atoms with Crippen molar-refractivity contribution in [2.24, 2.45) is 5.41 Å². The van der Waals surface area contributed by atoms with E-state index in [-0.39, 0.29) is 17.1 Å². The number of rotatable bonds is 2. The molecule has 36 heavy (non-hydrogen) atoms. The quantitative estimate of drug-likeness (QED) is 0.532. The monoisotopic (exact) mass is 499 g/mol. The van der Waals surface area contributed by atoms with Crippen molar-refractivity contribution < 1.29 is 14.3 Å². The molecule has 0 spiro atoms. The standard InChI is InChI=1S/C29H29N3O3S/c1-29(2)13-20-25(21(33)14-29)23(16-9-11-17(35-3)12-10-16)19(15-30)26-31-27(34)24-18-7-5-4-6-8-22(18)36-28(24)32(20)26/h9-12,23H,4-8,13-14H2,1-3H3,(H,31,34)/t23-/m1/s1. The average Bonchev–Trinajstić information content (AvgIpc) is 3.05. The number of nitrogens with zero attached hydrogens (tertiary/aromatic N) is 2. The van der Waals surface area contributed by atoms with Gasteiger partial charge in [-0.25, -0.2) is 0 Å². The number of ether oxygens (including phenoxy) is 1. The SMILES string of the molecule is COc1ccc([C@@H]2C(C#N)=C3NC(=O)c4c(sc5c4CCCCC5)N3C3=C2C(=O)CC(C)(C)C3)cc1. The highest BCUT2D eigenvalue weighted by molar-refractivity contribution is 7.17. The molecule has 6 nitrogen and oxygen atoms in total. The van der Waals surface area contributed by atoms with Crippen LogP contribution in [0, 0.1) is 16.7 Å². The Bertz CT molecular complexity index is 1400. The van der Waals surface area contributed by atoms with Gasteiger partial charge < -0.3 is 10.1 Å². The topological polar surface area (TPSA) is 82.4 Å². The lowest BCUT2D eigenvalue weighted by molar-refractivity contribution is -0.118. The molecule has 184 valence electrons. The zero-order chi connectivity index (χ0) is 25.2. The molecule has 2 aliphatic heterocycles. The van der Waals surface area contributed by atoms with Crippen molar-refractivity contribution in [1.82, 2.24) is 5.32 Å². The maximum Gasteiger partial charge on any atom is 0.260 e. The Morgan fingerprint density at radius 2 is 1.86 bits per heavy atom. The first-order chi connectivity index (χ1) is 17.3. The summed E-state index contributed by atoms with van der Waals surface area (Å²) in [6, 6.07) is 9.93. The van der Waals surface area contributed by atoms with Gasteiger partial charge in [-0.05, 0) is 60.8 Å². The summed E-state index contributed by atoms with van der Waals surface area (Å²) in [5.74, 6) is 0.637. The highest BCUT2D eigenvalue weighted by Crippen LogP contribution is 2.54. The van der Waals surface area contributed by atoms with Crippen LogP contribution >= 0.6 is 11.3 Å². The van der Waals surface area contributed by atoms with Gasteiger partial charge in [-0.3, -0.25) is 14.5 Å². The Labute approximate surface area is 215 Å². The van der Waals surface area contributed by atoms with Crippen LogP contribution in [0.3, 0.4) is 0 Å². The number of fused-ring (bicyclic) bond motifs is 6. The second-order valence-corrected chi connectivity index (χ2v) is 12.0. The molecular formula is C29H29N3O3S. The lowest BCUT2D eigenvalue weighted by atomic mass is 9.68. The van der Waals surface area contributed by atoms with Crippen molar-refractivity contribution in [2.75, 3.05) is 12.0 Å². The summed E-state index contributed by atoms with van der Waals surface area (Å²) in [4.78, 5) is 30.7. The van der Waals surface area contributed by atoms with Gasteiger partial charge in [0.1, 0.15) is 16.6 Å². The first-order valence-electron chi connectivity index (χ1n) is 12.6. The Morgan fingerprint density at radius 3 is 2.58 bits per heavy atom. The zero-order valence-electron chi connectivity index (χ0n) is 20.9. The molecule has 2 aromatic rings. The Morgan fingerprint density at radius 1 is 1.11 bits per heavy atom. The van der Waals surface area contributed by atoms with Crippen molar-refractivity contribution in [3.8, 4) is 11.8 Å². The molecule has 0 saturated carbocycles. The third kappa shape index (κ3) is 3.42. The van der Waals surface area contributed by atoms with Crippen molar-refractivity contribution in [3.63, 3.8) is 0 Å². The van der Waals surface area contributed by atoms with Gasteiger partial charge in [0.05, 0.1) is 30.2 Å². The Kier molecular flexibility index (Phi) is 5.34. The molecule has 0 radical (unpaired) electrons. The largest absolute Gasteiger partial charge is 0.497 e. The predicted molar refractivity (Wildman–Crippen MR) is 139 cm³/mol. The lowest BCUT2D eigenvalue weighted by Crippen LogP contribution is -2.47. The second-order valence-electron chi connectivity index (χ2n) is 10.9. The summed E-state index contributed by atoms with van der Waals surface area (Å²) in [6.07, 6.45) is 6.38. The van der Waals surface area contributed by atoms with Gasteiger partial charge in [-0.2, -0.15) is 5.26 Å². The van der Waals surface area contributed by atoms with Gasteiger partial charge in [0.25, 0.3) is 5.91 Å². The number of allylic oxidation sites excluding steroid dienone is 3. The average molecular weight is 500 g/mol. The minimum atomic E-state index is -0.523. The van der Waals surface area contributed by atoms with E-state index in [0.29, 0.717) is 35.6 Å². The molecule has 1 atom stereocenters. The molecule has 7 heteroatoms. The molecule has 3 heterocycles. The molecular weight excluding hydrogens is 470 g/mol. The van der Waals surface area contributed by atoms with Gasteiger partial charge in [-0.15, -0.1) is 11.3 Å². The van der Waals surface area contributed by atoms with E-state index in [1.807, 2.05) is 24.3 Å². The van der Waals surface area contributed by atoms with Gasteiger partial charge in [0.15, 0.2) is 5.78 Å². The summed E-state index contributed by atoms with van der Waals surface area (Å²) in [5.41, 5.74) is 4.55. The van der Waals surface area contributed by atoms with Crippen LogP contribution in [-0.2, 0) is 17.6 Å². The van der Waals surface area contributed by atoms with E-state index in [1.54, 1.807) is 18.4 Å². The number of carbonyl (C=O) groups is 2. The number of hydrogen-bond acceptors (Lipinski definition) is 6. The highest BCUT2D eigenvalue weighted by Gasteiger charge is 2.48. The number of thiophene rings is 1. The van der Waals surface area contributed by atoms with Crippen LogP contribution in [0.2, 0.25) is 0 Å². The lowest BCUT2D eigenvalue weighted by Gasteiger charge is -2.45. The molecule has 1 aromatic carbocycles. The number of hydrogen-bond donors (Lipinski definition) is 1. The Hall–Kier alpha value is -3.37. The molecule has 1 aromatic heterocycles. The number of ketones is 1. The summed E-state index contributed by atoms with van der Waals surface area (Å²) >= 11 is 1.67. The summed E-state index contributed by atoms with van der Waals surface area (Å²) in [7, 11) is 1.61. The third-order valence-corrected chi connectivity index (χ3v) is 9.13. The molecule has 0 saturated heterocycles. The van der Waals surface area contributed by atoms with E-state index in [9.17, 15) is 14.9 Å². The van der Waals surface area contributed by atoms with Gasteiger partial charge in [0, 0.05) is 22.6 Å². The number of carbonyl (C=O) groups excluding carboxylic acids is 2. The van der Waals surface area contributed by atoms with Crippen LogP contribution in [-0.4, -0.2) is 18.8 Å². The first kappa shape index (κ1) is 23.1. The van der Waals surface area contributed by atoms with E-state index in [0.717, 1.165) is 53.1 Å². The fraction of sp³-hybridized carbons (Fsp3) is 0.414. The van der Waals surface area contributed by atoms with Crippen molar-refractivity contribution in [3.05, 3.63) is 68.5 Å². The number of anilines is 1. The van der Waals surface area contributed by atoms with Crippen LogP contribution in [0.5, 0.6) is 5.75 Å². The fourth-order valence-electron chi connectivity index (χ4n) is 6.25. The fourth-order valence-corrected chi connectivity index (χ4v) is 7.67. The maximum absolute atomic E-state index is 13.8. The molecule has 6 rings (SSSR count). The minimum Gasteiger partial charge on any atom is -0.497 e. The molecule has 1 amide bonds. The van der Waals surface area contributed by atoms with E-state index in [4.69, 9.17) is 4.74 Å². The van der Waals surface area contributed by atoms with Crippen LogP contribution in [0.25, 0.3) is 0 Å². The number of benzene rings is 1. The van der Waals surface area contributed by atoms with E-state index >= 15 is 0 Å². The van der Waals surface area contributed by atoms with Crippen LogP contribution in [0.15, 0.2) is 46.9 Å². The first-order valence-corrected chi connectivity index (χ1v) is 13.4. The number of nitrogens with one attached hydrogen (secondary N) is 1. The third-order valence-electron chi connectivity index (χ3n) is 7.86. The summed E-state index contributed by atoms with van der Waals surface area (Å²) < 4.78 is 5.33. The summed E-state index contributed by atoms with van der Waals surface area (Å²) in [5, 5.41) is 14.4. The van der Waals surface area contributed by atoms with Crippen LogP contribution < -0.4 is 15.0 Å². The van der Waals surface area contributed by atoms with Crippen molar-refractivity contribution in [1.29, 1.82) is 5.26 Å². The molecule has 0 bridgehead atoms. The number of aryl methyl sites for hydroxylation is 1. The number of methoxy groups -OCH3 is 1. The van der Waals surface area contributed by atoms with Gasteiger partial charge in [0.2, 0.25) is 0 Å². The molecule has 0 fully saturated rings. The molecule has 2 aliphatic carbocycles. The molecule has 1 N–H and O–H groups in total. The number of nitriles is 1. The van der Waals surface area contributed by atoms with Crippen molar-refractivity contribution in [2.45, 2.75) is 64.7 Å². The van der Waals surface area contributed by atoms with Crippen LogP contribution in [0.1, 0.15) is 78.2 Å².